The third-order valence-electron chi connectivity index (χ3n) is 4.15. The SMILES string of the molecule is CCCCCCCC(C)NC(CC)c1ccccc1OC. The number of rotatable bonds is 11. The predicted molar refractivity (Wildman–Crippen MR) is 92.0 cm³/mol. The Morgan fingerprint density at radius 1 is 1.05 bits per heavy atom. The lowest BCUT2D eigenvalue weighted by Crippen LogP contribution is -2.30. The lowest BCUT2D eigenvalue weighted by molar-refractivity contribution is 0.378. The molecule has 21 heavy (non-hydrogen) atoms. The average Bonchev–Trinajstić information content (AvgIpc) is 2.52. The Hall–Kier alpha value is -1.02. The molecule has 0 aromatic heterocycles. The molecule has 0 spiro atoms. The van der Waals surface area contributed by atoms with E-state index in [1.807, 2.05) is 6.07 Å². The molecule has 0 saturated heterocycles. The summed E-state index contributed by atoms with van der Waals surface area (Å²) in [6.45, 7) is 6.80. The van der Waals surface area contributed by atoms with Gasteiger partial charge in [0.25, 0.3) is 0 Å². The van der Waals surface area contributed by atoms with E-state index < -0.39 is 0 Å². The van der Waals surface area contributed by atoms with Crippen LogP contribution >= 0.6 is 0 Å². The highest BCUT2D eigenvalue weighted by atomic mass is 16.5. The number of nitrogens with one attached hydrogen (secondary N) is 1. The molecule has 1 N–H and O–H groups in total. The van der Waals surface area contributed by atoms with Gasteiger partial charge in [0.15, 0.2) is 0 Å². The van der Waals surface area contributed by atoms with Crippen molar-refractivity contribution >= 4 is 0 Å². The van der Waals surface area contributed by atoms with Crippen molar-refractivity contribution in [3.05, 3.63) is 29.8 Å². The van der Waals surface area contributed by atoms with Crippen LogP contribution in [0.4, 0.5) is 0 Å². The molecule has 2 atom stereocenters. The maximum absolute atomic E-state index is 5.50. The Labute approximate surface area is 131 Å². The summed E-state index contributed by atoms with van der Waals surface area (Å²) >= 11 is 0. The molecule has 2 nitrogen and oxygen atoms in total. The van der Waals surface area contributed by atoms with E-state index in [1.165, 1.54) is 44.1 Å². The van der Waals surface area contributed by atoms with Gasteiger partial charge in [0, 0.05) is 17.6 Å². The van der Waals surface area contributed by atoms with Gasteiger partial charge >= 0.3 is 0 Å². The first-order chi connectivity index (χ1) is 10.2. The monoisotopic (exact) mass is 291 g/mol. The van der Waals surface area contributed by atoms with Gasteiger partial charge in [-0.25, -0.2) is 0 Å². The normalized spacial score (nSPS) is 13.9. The van der Waals surface area contributed by atoms with Gasteiger partial charge in [-0.1, -0.05) is 64.2 Å². The fraction of sp³-hybridized carbons (Fsp3) is 0.684. The Bertz CT molecular complexity index is 378. The number of para-hydroxylation sites is 1. The molecule has 0 aliphatic rings. The molecule has 0 saturated carbocycles. The van der Waals surface area contributed by atoms with Crippen LogP contribution in [-0.2, 0) is 0 Å². The van der Waals surface area contributed by atoms with Gasteiger partial charge in [-0.15, -0.1) is 0 Å². The topological polar surface area (TPSA) is 21.3 Å². The molecule has 1 rings (SSSR count). The lowest BCUT2D eigenvalue weighted by Gasteiger charge is -2.24. The Morgan fingerprint density at radius 2 is 1.76 bits per heavy atom. The third kappa shape index (κ3) is 6.52. The summed E-state index contributed by atoms with van der Waals surface area (Å²) in [4.78, 5) is 0. The van der Waals surface area contributed by atoms with Crippen LogP contribution in [0.1, 0.15) is 77.3 Å². The molecule has 0 aliphatic heterocycles. The van der Waals surface area contributed by atoms with E-state index in [2.05, 4.69) is 44.3 Å². The third-order valence-corrected chi connectivity index (χ3v) is 4.15. The number of unbranched alkanes of at least 4 members (excludes halogenated alkanes) is 4. The maximum atomic E-state index is 5.50. The second-order valence-electron chi connectivity index (χ2n) is 5.97. The quantitative estimate of drug-likeness (QED) is 0.545. The summed E-state index contributed by atoms with van der Waals surface area (Å²) in [5, 5.41) is 3.77. The van der Waals surface area contributed by atoms with Crippen LogP contribution in [0.25, 0.3) is 0 Å². The zero-order valence-electron chi connectivity index (χ0n) is 14.3. The van der Waals surface area contributed by atoms with Crippen molar-refractivity contribution in [1.29, 1.82) is 0 Å². The first-order valence-corrected chi connectivity index (χ1v) is 8.61. The van der Waals surface area contributed by atoms with Crippen LogP contribution in [0.2, 0.25) is 0 Å². The molecule has 0 amide bonds. The maximum Gasteiger partial charge on any atom is 0.123 e. The van der Waals surface area contributed by atoms with Crippen molar-refractivity contribution in [3.63, 3.8) is 0 Å². The zero-order chi connectivity index (χ0) is 15.5. The molecule has 0 bridgehead atoms. The van der Waals surface area contributed by atoms with Crippen molar-refractivity contribution < 1.29 is 4.74 Å². The fourth-order valence-electron chi connectivity index (χ4n) is 2.86. The predicted octanol–water partition coefficient (Wildman–Crippen LogP) is 5.48. The smallest absolute Gasteiger partial charge is 0.123 e. The van der Waals surface area contributed by atoms with Crippen LogP contribution in [0, 0.1) is 0 Å². The molecule has 2 heteroatoms. The van der Waals surface area contributed by atoms with Crippen molar-refractivity contribution in [1.82, 2.24) is 5.32 Å². The highest BCUT2D eigenvalue weighted by Gasteiger charge is 2.15. The summed E-state index contributed by atoms with van der Waals surface area (Å²) in [5.74, 6) is 0.993. The van der Waals surface area contributed by atoms with Crippen molar-refractivity contribution in [2.24, 2.45) is 0 Å². The molecule has 0 heterocycles. The standard InChI is InChI=1S/C19H33NO/c1-5-7-8-9-10-13-16(3)20-18(6-2)17-14-11-12-15-19(17)21-4/h11-12,14-16,18,20H,5-10,13H2,1-4H3. The van der Waals surface area contributed by atoms with Crippen LogP contribution in [0.15, 0.2) is 24.3 Å². The van der Waals surface area contributed by atoms with E-state index in [-0.39, 0.29) is 0 Å². The van der Waals surface area contributed by atoms with Gasteiger partial charge in [0.1, 0.15) is 5.75 Å². The van der Waals surface area contributed by atoms with Gasteiger partial charge in [0.2, 0.25) is 0 Å². The minimum absolute atomic E-state index is 0.381. The zero-order valence-corrected chi connectivity index (χ0v) is 14.3. The summed E-state index contributed by atoms with van der Waals surface area (Å²) in [6.07, 6.45) is 9.12. The van der Waals surface area contributed by atoms with Crippen LogP contribution in [0.3, 0.4) is 0 Å². The summed E-state index contributed by atoms with van der Waals surface area (Å²) in [7, 11) is 1.75. The Kier molecular flexibility index (Phi) is 9.16. The number of hydrogen-bond acceptors (Lipinski definition) is 2. The van der Waals surface area contributed by atoms with E-state index in [0.717, 1.165) is 12.2 Å². The van der Waals surface area contributed by atoms with Crippen LogP contribution in [-0.4, -0.2) is 13.2 Å². The lowest BCUT2D eigenvalue weighted by atomic mass is 10.0. The van der Waals surface area contributed by atoms with E-state index in [4.69, 9.17) is 4.74 Å². The van der Waals surface area contributed by atoms with Crippen LogP contribution < -0.4 is 10.1 Å². The minimum Gasteiger partial charge on any atom is -0.496 e. The highest BCUT2D eigenvalue weighted by Crippen LogP contribution is 2.27. The highest BCUT2D eigenvalue weighted by molar-refractivity contribution is 5.35. The molecule has 0 radical (unpaired) electrons. The Balaban J connectivity index is 2.46. The van der Waals surface area contributed by atoms with E-state index >= 15 is 0 Å². The summed E-state index contributed by atoms with van der Waals surface area (Å²) in [5.41, 5.74) is 1.28. The molecule has 0 aliphatic carbocycles. The minimum atomic E-state index is 0.381. The molecular formula is C19H33NO. The molecular weight excluding hydrogens is 258 g/mol. The van der Waals surface area contributed by atoms with Gasteiger partial charge in [-0.05, 0) is 25.8 Å². The fourth-order valence-corrected chi connectivity index (χ4v) is 2.86. The van der Waals surface area contributed by atoms with Gasteiger partial charge < -0.3 is 10.1 Å². The molecule has 0 fully saturated rings. The number of hydrogen-bond donors (Lipinski definition) is 1. The summed E-state index contributed by atoms with van der Waals surface area (Å²) < 4.78 is 5.50. The van der Waals surface area contributed by atoms with Crippen LogP contribution in [0.5, 0.6) is 5.75 Å². The Morgan fingerprint density at radius 3 is 2.43 bits per heavy atom. The summed E-state index contributed by atoms with van der Waals surface area (Å²) in [6, 6.07) is 9.29. The first-order valence-electron chi connectivity index (χ1n) is 8.61. The van der Waals surface area contributed by atoms with E-state index in [1.54, 1.807) is 7.11 Å². The largest absolute Gasteiger partial charge is 0.496 e. The molecule has 2 unspecified atom stereocenters. The molecule has 1 aromatic carbocycles. The second-order valence-corrected chi connectivity index (χ2v) is 5.97. The van der Waals surface area contributed by atoms with Gasteiger partial charge in [-0.2, -0.15) is 0 Å². The number of ether oxygens (including phenoxy) is 1. The van der Waals surface area contributed by atoms with Crippen molar-refractivity contribution in [2.75, 3.05) is 7.11 Å². The van der Waals surface area contributed by atoms with Gasteiger partial charge in [0.05, 0.1) is 7.11 Å². The molecule has 1 aromatic rings. The second kappa shape index (κ2) is 10.7. The first kappa shape index (κ1) is 18.0. The van der Waals surface area contributed by atoms with Gasteiger partial charge in [-0.3, -0.25) is 0 Å². The van der Waals surface area contributed by atoms with Crippen molar-refractivity contribution in [2.45, 2.75) is 77.8 Å². The molecule has 120 valence electrons. The number of benzene rings is 1. The van der Waals surface area contributed by atoms with E-state index in [0.29, 0.717) is 12.1 Å². The number of methoxy groups -OCH3 is 1. The average molecular weight is 291 g/mol. The van der Waals surface area contributed by atoms with Crippen molar-refractivity contribution in [3.8, 4) is 5.75 Å². The van der Waals surface area contributed by atoms with E-state index in [9.17, 15) is 0 Å².